The Bertz CT molecular complexity index is 393. The number of halogens is 2. The minimum atomic E-state index is -0.808. The molecule has 0 bridgehead atoms. The lowest BCUT2D eigenvalue weighted by Crippen LogP contribution is -1.92. The molecule has 15 heavy (non-hydrogen) atoms. The zero-order valence-corrected chi connectivity index (χ0v) is 9.41. The molecule has 0 aliphatic heterocycles. The van der Waals surface area contributed by atoms with Crippen molar-refractivity contribution < 1.29 is 9.31 Å². The third-order valence-electron chi connectivity index (χ3n) is 1.75. The van der Waals surface area contributed by atoms with Crippen molar-refractivity contribution in [2.75, 3.05) is 5.33 Å². The van der Waals surface area contributed by atoms with Crippen LogP contribution in [0.1, 0.15) is 12.0 Å². The molecule has 0 saturated heterocycles. The van der Waals surface area contributed by atoms with E-state index in [9.17, 15) is 14.5 Å². The Morgan fingerprint density at radius 1 is 1.53 bits per heavy atom. The molecule has 0 fully saturated rings. The van der Waals surface area contributed by atoms with E-state index < -0.39 is 16.4 Å². The number of nitro groups is 1. The number of alkyl halides is 1. The van der Waals surface area contributed by atoms with Gasteiger partial charge in [-0.3, -0.25) is 10.1 Å². The molecule has 0 aromatic heterocycles. The lowest BCUT2D eigenvalue weighted by Gasteiger charge is -1.96. The fraction of sp³-hybridized carbons (Fsp3) is 0.200. The molecule has 0 heterocycles. The van der Waals surface area contributed by atoms with Gasteiger partial charge in [-0.15, -0.1) is 0 Å². The number of rotatable bonds is 4. The predicted molar refractivity (Wildman–Crippen MR) is 60.5 cm³/mol. The minimum absolute atomic E-state index is 0.490. The van der Waals surface area contributed by atoms with Gasteiger partial charge in [0, 0.05) is 11.4 Å². The van der Waals surface area contributed by atoms with Gasteiger partial charge in [0.05, 0.1) is 4.92 Å². The first-order chi connectivity index (χ1) is 7.15. The predicted octanol–water partition coefficient (Wildman–Crippen LogP) is 3.53. The minimum Gasteiger partial charge on any atom is -0.258 e. The Balaban J connectivity index is 2.92. The van der Waals surface area contributed by atoms with Crippen LogP contribution in [0.5, 0.6) is 0 Å². The zero-order valence-electron chi connectivity index (χ0n) is 7.82. The maximum atomic E-state index is 12.9. The highest BCUT2D eigenvalue weighted by molar-refractivity contribution is 9.09. The van der Waals surface area contributed by atoms with Gasteiger partial charge in [0.1, 0.15) is 0 Å². The topological polar surface area (TPSA) is 43.1 Å². The van der Waals surface area contributed by atoms with Crippen molar-refractivity contribution >= 4 is 27.7 Å². The highest BCUT2D eigenvalue weighted by Gasteiger charge is 2.12. The lowest BCUT2D eigenvalue weighted by molar-refractivity contribution is -0.387. The van der Waals surface area contributed by atoms with Crippen molar-refractivity contribution in [3.63, 3.8) is 0 Å². The molecule has 3 nitrogen and oxygen atoms in total. The maximum Gasteiger partial charge on any atom is 0.305 e. The molecule has 0 aliphatic rings. The average Bonchev–Trinajstić information content (AvgIpc) is 2.20. The van der Waals surface area contributed by atoms with Crippen LogP contribution >= 0.6 is 15.9 Å². The van der Waals surface area contributed by atoms with E-state index in [0.717, 1.165) is 17.8 Å². The van der Waals surface area contributed by atoms with Gasteiger partial charge in [-0.25, -0.2) is 0 Å². The molecule has 0 N–H and O–H groups in total. The van der Waals surface area contributed by atoms with Crippen LogP contribution in [0.4, 0.5) is 10.1 Å². The van der Waals surface area contributed by atoms with Crippen molar-refractivity contribution in [1.82, 2.24) is 0 Å². The molecule has 80 valence electrons. The van der Waals surface area contributed by atoms with Crippen LogP contribution in [0.25, 0.3) is 6.08 Å². The number of nitrogens with zero attached hydrogens (tertiary/aromatic N) is 1. The first-order valence-corrected chi connectivity index (χ1v) is 5.43. The Kier molecular flexibility index (Phi) is 4.42. The average molecular weight is 274 g/mol. The molecule has 1 aromatic rings. The van der Waals surface area contributed by atoms with E-state index in [0.29, 0.717) is 5.56 Å². The second-order valence-corrected chi connectivity index (χ2v) is 3.64. The van der Waals surface area contributed by atoms with E-state index >= 15 is 0 Å². The summed E-state index contributed by atoms with van der Waals surface area (Å²) < 4.78 is 12.9. The molecular weight excluding hydrogens is 265 g/mol. The fourth-order valence-corrected chi connectivity index (χ4v) is 1.32. The summed E-state index contributed by atoms with van der Waals surface area (Å²) in [5.41, 5.74) is 0.139. The number of benzene rings is 1. The van der Waals surface area contributed by atoms with Crippen LogP contribution in [0.3, 0.4) is 0 Å². The summed E-state index contributed by atoms with van der Waals surface area (Å²) in [5, 5.41) is 11.3. The Morgan fingerprint density at radius 3 is 2.87 bits per heavy atom. The van der Waals surface area contributed by atoms with E-state index in [1.165, 1.54) is 12.1 Å². The molecule has 0 unspecified atom stereocenters. The summed E-state index contributed by atoms with van der Waals surface area (Å²) in [6, 6.07) is 3.83. The highest BCUT2D eigenvalue weighted by atomic mass is 79.9. The summed E-state index contributed by atoms with van der Waals surface area (Å²) >= 11 is 3.25. The highest BCUT2D eigenvalue weighted by Crippen LogP contribution is 2.19. The second-order valence-electron chi connectivity index (χ2n) is 2.85. The van der Waals surface area contributed by atoms with Gasteiger partial charge in [0.2, 0.25) is 5.82 Å². The van der Waals surface area contributed by atoms with E-state index in [1.54, 1.807) is 6.08 Å². The number of nitro benzene ring substituents is 1. The SMILES string of the molecule is O=[N+]([O-])c1cc(C=CCCBr)ccc1F. The molecule has 5 heteroatoms. The van der Waals surface area contributed by atoms with Crippen LogP contribution in [0.2, 0.25) is 0 Å². The van der Waals surface area contributed by atoms with Crippen LogP contribution in [0.15, 0.2) is 24.3 Å². The van der Waals surface area contributed by atoms with Crippen molar-refractivity contribution in [2.45, 2.75) is 6.42 Å². The van der Waals surface area contributed by atoms with Crippen LogP contribution in [-0.4, -0.2) is 10.3 Å². The molecule has 1 aromatic carbocycles. The van der Waals surface area contributed by atoms with Gasteiger partial charge in [-0.05, 0) is 18.1 Å². The first-order valence-electron chi connectivity index (χ1n) is 4.31. The fourth-order valence-electron chi connectivity index (χ4n) is 1.06. The van der Waals surface area contributed by atoms with Gasteiger partial charge >= 0.3 is 5.69 Å². The summed E-state index contributed by atoms with van der Waals surface area (Å²) in [6.07, 6.45) is 4.42. The third-order valence-corrected chi connectivity index (χ3v) is 2.21. The van der Waals surface area contributed by atoms with Crippen LogP contribution in [-0.2, 0) is 0 Å². The Labute approximate surface area is 94.9 Å². The van der Waals surface area contributed by atoms with E-state index in [2.05, 4.69) is 15.9 Å². The molecule has 0 spiro atoms. The quantitative estimate of drug-likeness (QED) is 0.479. The summed E-state index contributed by atoms with van der Waals surface area (Å²) in [7, 11) is 0. The lowest BCUT2D eigenvalue weighted by atomic mass is 10.2. The van der Waals surface area contributed by atoms with Crippen LogP contribution < -0.4 is 0 Å². The van der Waals surface area contributed by atoms with E-state index in [-0.39, 0.29) is 0 Å². The Hall–Kier alpha value is -1.23. The van der Waals surface area contributed by atoms with E-state index in [1.807, 2.05) is 6.08 Å². The Morgan fingerprint density at radius 2 is 2.27 bits per heavy atom. The van der Waals surface area contributed by atoms with Crippen molar-refractivity contribution in [3.05, 3.63) is 45.8 Å². The van der Waals surface area contributed by atoms with Gasteiger partial charge in [0.15, 0.2) is 0 Å². The van der Waals surface area contributed by atoms with Crippen molar-refractivity contribution in [2.24, 2.45) is 0 Å². The number of allylic oxidation sites excluding steroid dienone is 1. The molecule has 0 radical (unpaired) electrons. The largest absolute Gasteiger partial charge is 0.305 e. The molecule has 0 atom stereocenters. The molecule has 0 saturated carbocycles. The smallest absolute Gasteiger partial charge is 0.258 e. The number of hydrogen-bond acceptors (Lipinski definition) is 2. The number of hydrogen-bond donors (Lipinski definition) is 0. The van der Waals surface area contributed by atoms with Crippen molar-refractivity contribution in [3.8, 4) is 0 Å². The molecular formula is C10H9BrFNO2. The standard InChI is InChI=1S/C10H9BrFNO2/c11-6-2-1-3-8-4-5-9(12)10(7-8)13(14)15/h1,3-5,7H,2,6H2. The van der Waals surface area contributed by atoms with Gasteiger partial charge in [0.25, 0.3) is 0 Å². The van der Waals surface area contributed by atoms with Gasteiger partial charge in [-0.2, -0.15) is 4.39 Å². The van der Waals surface area contributed by atoms with Gasteiger partial charge in [-0.1, -0.05) is 34.1 Å². The maximum absolute atomic E-state index is 12.9. The second kappa shape index (κ2) is 5.60. The molecule has 1 rings (SSSR count). The normalized spacial score (nSPS) is 10.8. The summed E-state index contributed by atoms with van der Waals surface area (Å²) in [5.74, 6) is -0.808. The third kappa shape index (κ3) is 3.43. The summed E-state index contributed by atoms with van der Waals surface area (Å²) in [4.78, 5) is 9.71. The monoisotopic (exact) mass is 273 g/mol. The first kappa shape index (κ1) is 11.8. The summed E-state index contributed by atoms with van der Waals surface area (Å²) in [6.45, 7) is 0. The van der Waals surface area contributed by atoms with E-state index in [4.69, 9.17) is 0 Å². The zero-order chi connectivity index (χ0) is 11.3. The van der Waals surface area contributed by atoms with Crippen LogP contribution in [0, 0.1) is 15.9 Å². The van der Waals surface area contributed by atoms with Crippen molar-refractivity contribution in [1.29, 1.82) is 0 Å². The molecule has 0 amide bonds. The van der Waals surface area contributed by atoms with Gasteiger partial charge < -0.3 is 0 Å². The molecule has 0 aliphatic carbocycles.